The molecule has 1 fully saturated rings. The number of hydrogen-bond acceptors (Lipinski definition) is 4. The first-order valence-corrected chi connectivity index (χ1v) is 11.7. The number of hydrogen-bond donors (Lipinski definition) is 1. The highest BCUT2D eigenvalue weighted by atomic mass is 32.2. The average Bonchev–Trinajstić information content (AvgIpc) is 3.20. The summed E-state index contributed by atoms with van der Waals surface area (Å²) in [5, 5.41) is 6.31. The molecule has 1 aromatic heterocycles. The molecule has 27 heavy (non-hydrogen) atoms. The SMILES string of the molecule is O=S(=O)(NCC1CCN(Cc2ccsc2)CC1)c1ccc2ccccc2c1. The van der Waals surface area contributed by atoms with Crippen molar-refractivity contribution >= 4 is 32.1 Å². The Morgan fingerprint density at radius 1 is 1.04 bits per heavy atom. The van der Waals surface area contributed by atoms with E-state index in [2.05, 4.69) is 26.4 Å². The number of piperidine rings is 1. The third-order valence-electron chi connectivity index (χ3n) is 5.29. The van der Waals surface area contributed by atoms with Crippen LogP contribution in [0.5, 0.6) is 0 Å². The largest absolute Gasteiger partial charge is 0.299 e. The van der Waals surface area contributed by atoms with Crippen molar-refractivity contribution in [3.05, 3.63) is 64.9 Å². The van der Waals surface area contributed by atoms with Gasteiger partial charge in [0.25, 0.3) is 0 Å². The molecule has 2 aromatic carbocycles. The van der Waals surface area contributed by atoms with E-state index in [1.54, 1.807) is 23.5 Å². The first-order valence-electron chi connectivity index (χ1n) is 9.32. The molecule has 0 bridgehead atoms. The molecule has 142 valence electrons. The molecule has 3 aromatic rings. The van der Waals surface area contributed by atoms with Crippen molar-refractivity contribution < 1.29 is 8.42 Å². The zero-order valence-electron chi connectivity index (χ0n) is 15.2. The standard InChI is InChI=1S/C21H24N2O2S2/c24-27(25,21-6-5-19-3-1-2-4-20(19)13-21)22-14-17-7-10-23(11-8-17)15-18-9-12-26-16-18/h1-6,9,12-13,16-17,22H,7-8,10-11,14-15H2. The number of fused-ring (bicyclic) bond motifs is 1. The lowest BCUT2D eigenvalue weighted by Crippen LogP contribution is -2.38. The summed E-state index contributed by atoms with van der Waals surface area (Å²) in [7, 11) is -3.47. The second-order valence-corrected chi connectivity index (χ2v) is 9.76. The van der Waals surface area contributed by atoms with Gasteiger partial charge in [-0.3, -0.25) is 4.90 Å². The van der Waals surface area contributed by atoms with Gasteiger partial charge in [-0.25, -0.2) is 13.1 Å². The predicted molar refractivity (Wildman–Crippen MR) is 111 cm³/mol. The van der Waals surface area contributed by atoms with Crippen molar-refractivity contribution in [3.63, 3.8) is 0 Å². The van der Waals surface area contributed by atoms with Gasteiger partial charge in [0.2, 0.25) is 10.0 Å². The summed E-state index contributed by atoms with van der Waals surface area (Å²) in [6.45, 7) is 3.57. The Hall–Kier alpha value is -1.73. The maximum atomic E-state index is 12.7. The van der Waals surface area contributed by atoms with Gasteiger partial charge in [0.15, 0.2) is 0 Å². The van der Waals surface area contributed by atoms with Gasteiger partial charge in [-0.2, -0.15) is 11.3 Å². The smallest absolute Gasteiger partial charge is 0.240 e. The monoisotopic (exact) mass is 400 g/mol. The van der Waals surface area contributed by atoms with E-state index in [0.717, 1.165) is 43.2 Å². The topological polar surface area (TPSA) is 49.4 Å². The van der Waals surface area contributed by atoms with Gasteiger partial charge in [-0.15, -0.1) is 0 Å². The number of benzene rings is 2. The lowest BCUT2D eigenvalue weighted by Gasteiger charge is -2.31. The zero-order chi connectivity index (χ0) is 18.7. The fourth-order valence-electron chi connectivity index (χ4n) is 3.63. The van der Waals surface area contributed by atoms with Crippen LogP contribution in [0.2, 0.25) is 0 Å². The molecule has 4 nitrogen and oxygen atoms in total. The molecular weight excluding hydrogens is 376 g/mol. The number of nitrogens with zero attached hydrogens (tertiary/aromatic N) is 1. The van der Waals surface area contributed by atoms with Gasteiger partial charge in [0, 0.05) is 13.1 Å². The van der Waals surface area contributed by atoms with E-state index < -0.39 is 10.0 Å². The molecular formula is C21H24N2O2S2. The number of sulfonamides is 1. The van der Waals surface area contributed by atoms with Crippen LogP contribution in [-0.4, -0.2) is 33.0 Å². The molecule has 1 saturated heterocycles. The summed E-state index contributed by atoms with van der Waals surface area (Å²) in [6.07, 6.45) is 2.06. The molecule has 1 aliphatic rings. The summed E-state index contributed by atoms with van der Waals surface area (Å²) in [5.74, 6) is 0.402. The third-order valence-corrected chi connectivity index (χ3v) is 7.44. The molecule has 1 aliphatic heterocycles. The molecule has 0 spiro atoms. The van der Waals surface area contributed by atoms with E-state index in [4.69, 9.17) is 0 Å². The second-order valence-electron chi connectivity index (χ2n) is 7.21. The van der Waals surface area contributed by atoms with Crippen molar-refractivity contribution in [1.29, 1.82) is 0 Å². The van der Waals surface area contributed by atoms with Crippen LogP contribution < -0.4 is 4.72 Å². The van der Waals surface area contributed by atoms with Crippen LogP contribution in [0.1, 0.15) is 18.4 Å². The minimum absolute atomic E-state index is 0.344. The molecule has 0 radical (unpaired) electrons. The van der Waals surface area contributed by atoms with Crippen LogP contribution in [-0.2, 0) is 16.6 Å². The summed E-state index contributed by atoms with van der Waals surface area (Å²) < 4.78 is 28.2. The normalized spacial score (nSPS) is 16.7. The minimum atomic E-state index is -3.47. The Balaban J connectivity index is 1.32. The Bertz CT molecular complexity index is 992. The molecule has 0 atom stereocenters. The van der Waals surface area contributed by atoms with Crippen LogP contribution in [0.25, 0.3) is 10.8 Å². The minimum Gasteiger partial charge on any atom is -0.299 e. The summed E-state index contributed by atoms with van der Waals surface area (Å²) in [5.41, 5.74) is 1.37. The lowest BCUT2D eigenvalue weighted by atomic mass is 9.97. The predicted octanol–water partition coefficient (Wildman–Crippen LogP) is 4.09. The highest BCUT2D eigenvalue weighted by Gasteiger charge is 2.22. The Labute approximate surface area is 164 Å². The van der Waals surface area contributed by atoms with Gasteiger partial charge in [-0.1, -0.05) is 30.3 Å². The Morgan fingerprint density at radius 2 is 1.81 bits per heavy atom. The number of rotatable bonds is 6. The number of thiophene rings is 1. The van der Waals surface area contributed by atoms with Crippen LogP contribution in [0, 0.1) is 5.92 Å². The fourth-order valence-corrected chi connectivity index (χ4v) is 5.45. The maximum absolute atomic E-state index is 12.7. The van der Waals surface area contributed by atoms with Gasteiger partial charge >= 0.3 is 0 Å². The maximum Gasteiger partial charge on any atom is 0.240 e. The van der Waals surface area contributed by atoms with E-state index in [1.807, 2.05) is 30.3 Å². The van der Waals surface area contributed by atoms with Crippen LogP contribution in [0.4, 0.5) is 0 Å². The van der Waals surface area contributed by atoms with Crippen molar-refractivity contribution in [1.82, 2.24) is 9.62 Å². The van der Waals surface area contributed by atoms with Crippen molar-refractivity contribution in [3.8, 4) is 0 Å². The molecule has 0 saturated carbocycles. The quantitative estimate of drug-likeness (QED) is 0.678. The first-order chi connectivity index (χ1) is 13.1. The average molecular weight is 401 g/mol. The molecule has 0 amide bonds. The van der Waals surface area contributed by atoms with Gasteiger partial charge in [0.05, 0.1) is 4.90 Å². The van der Waals surface area contributed by atoms with Crippen molar-refractivity contribution in [2.75, 3.05) is 19.6 Å². The molecule has 6 heteroatoms. The number of likely N-dealkylation sites (tertiary alicyclic amines) is 1. The highest BCUT2D eigenvalue weighted by Crippen LogP contribution is 2.22. The lowest BCUT2D eigenvalue weighted by molar-refractivity contribution is 0.179. The van der Waals surface area contributed by atoms with Crippen LogP contribution in [0.3, 0.4) is 0 Å². The molecule has 0 unspecified atom stereocenters. The second kappa shape index (κ2) is 8.10. The summed E-state index contributed by atoms with van der Waals surface area (Å²) >= 11 is 1.73. The highest BCUT2D eigenvalue weighted by molar-refractivity contribution is 7.89. The third kappa shape index (κ3) is 4.58. The van der Waals surface area contributed by atoms with Gasteiger partial charge in [0.1, 0.15) is 0 Å². The van der Waals surface area contributed by atoms with Crippen molar-refractivity contribution in [2.24, 2.45) is 5.92 Å². The van der Waals surface area contributed by atoms with E-state index >= 15 is 0 Å². The van der Waals surface area contributed by atoms with Crippen LogP contribution in [0.15, 0.2) is 64.2 Å². The van der Waals surface area contributed by atoms with Gasteiger partial charge in [-0.05, 0) is 77.1 Å². The van der Waals surface area contributed by atoms with E-state index in [9.17, 15) is 8.42 Å². The van der Waals surface area contributed by atoms with Gasteiger partial charge < -0.3 is 0 Å². The summed E-state index contributed by atoms with van der Waals surface area (Å²) in [4.78, 5) is 2.80. The van der Waals surface area contributed by atoms with Crippen LogP contribution >= 0.6 is 11.3 Å². The van der Waals surface area contributed by atoms with Crippen molar-refractivity contribution in [2.45, 2.75) is 24.3 Å². The molecule has 0 aliphatic carbocycles. The molecule has 2 heterocycles. The van der Waals surface area contributed by atoms with E-state index in [-0.39, 0.29) is 0 Å². The molecule has 4 rings (SSSR count). The fraction of sp³-hybridized carbons (Fsp3) is 0.333. The van der Waals surface area contributed by atoms with E-state index in [1.165, 1.54) is 5.56 Å². The zero-order valence-corrected chi connectivity index (χ0v) is 16.8. The Morgan fingerprint density at radius 3 is 2.56 bits per heavy atom. The summed E-state index contributed by atoms with van der Waals surface area (Å²) in [6, 6.07) is 15.3. The first kappa shape index (κ1) is 18.6. The molecule has 1 N–H and O–H groups in total. The van der Waals surface area contributed by atoms with E-state index in [0.29, 0.717) is 17.4 Å². The Kier molecular flexibility index (Phi) is 5.59. The number of nitrogens with one attached hydrogen (secondary N) is 1.